The third-order valence-corrected chi connectivity index (χ3v) is 11.5. The summed E-state index contributed by atoms with van der Waals surface area (Å²) < 4.78 is 7.50. The van der Waals surface area contributed by atoms with Gasteiger partial charge in [0.25, 0.3) is 5.91 Å². The predicted octanol–water partition coefficient (Wildman–Crippen LogP) is 5.39. The number of hydrogen-bond donors (Lipinski definition) is 2. The number of methoxy groups -OCH3 is 1. The molecule has 3 aromatic heterocycles. The average Bonchev–Trinajstić information content (AvgIpc) is 3.77. The van der Waals surface area contributed by atoms with E-state index in [1.807, 2.05) is 28.6 Å². The van der Waals surface area contributed by atoms with Crippen LogP contribution >= 0.6 is 23.2 Å². The number of hydrogen-bond acceptors (Lipinski definition) is 9. The molecule has 1 unspecified atom stereocenters. The summed E-state index contributed by atoms with van der Waals surface area (Å²) in [6.07, 6.45) is 4.88. The molecule has 1 aromatic carbocycles. The number of nitrogens with zero attached hydrogens (tertiary/aromatic N) is 7. The largest absolute Gasteiger partial charge is 0.481 e. The van der Waals surface area contributed by atoms with Crippen LogP contribution in [0.5, 0.6) is 5.88 Å². The zero-order valence-corrected chi connectivity index (χ0v) is 31.5. The van der Waals surface area contributed by atoms with Gasteiger partial charge in [0, 0.05) is 94.3 Å². The predicted molar refractivity (Wildman–Crippen MR) is 201 cm³/mol. The fraction of sp³-hybridized carbons (Fsp3) is 0.421. The van der Waals surface area contributed by atoms with Crippen LogP contribution in [-0.2, 0) is 36.1 Å². The van der Waals surface area contributed by atoms with E-state index in [0.717, 1.165) is 55.8 Å². The lowest BCUT2D eigenvalue weighted by atomic mass is 10.00. The van der Waals surface area contributed by atoms with Crippen molar-refractivity contribution >= 4 is 46.7 Å². The number of carbonyl (C=O) groups excluding carboxylic acids is 2. The Hall–Kier alpha value is -4.56. The smallest absolute Gasteiger partial charge is 0.307 e. The molecule has 15 heteroatoms. The van der Waals surface area contributed by atoms with E-state index in [9.17, 15) is 19.5 Å². The second-order valence-corrected chi connectivity index (χ2v) is 14.7. The van der Waals surface area contributed by atoms with E-state index >= 15 is 0 Å². The number of likely N-dealkylation sites (tertiary alicyclic amines) is 2. The Kier molecular flexibility index (Phi) is 10.7. The first-order valence-corrected chi connectivity index (χ1v) is 18.6. The summed E-state index contributed by atoms with van der Waals surface area (Å²) in [4.78, 5) is 57.4. The molecule has 4 aromatic rings. The SMILES string of the molecule is COc1nc(-c2ccnc(-c3cccc(NC(=O)c4nc5c(n4C)CCN(C4CCN(C(C)=O)CC4)C5)c3Cl)c2Cl)ccc1CN1CCC(C(=O)O)C1. The zero-order valence-electron chi connectivity index (χ0n) is 29.9. The summed E-state index contributed by atoms with van der Waals surface area (Å²) in [5.74, 6) is -0.670. The molecule has 6 heterocycles. The molecule has 13 nitrogen and oxygen atoms in total. The van der Waals surface area contributed by atoms with Crippen molar-refractivity contribution in [2.24, 2.45) is 13.0 Å². The van der Waals surface area contributed by atoms with Crippen LogP contribution in [0.1, 0.15) is 53.8 Å². The minimum absolute atomic E-state index is 0.123. The van der Waals surface area contributed by atoms with Crippen molar-refractivity contribution in [3.63, 3.8) is 0 Å². The van der Waals surface area contributed by atoms with E-state index in [0.29, 0.717) is 83.6 Å². The van der Waals surface area contributed by atoms with Crippen molar-refractivity contribution in [1.82, 2.24) is 34.2 Å². The molecule has 3 aliphatic heterocycles. The Morgan fingerprint density at radius 3 is 2.49 bits per heavy atom. The molecule has 3 aliphatic rings. The van der Waals surface area contributed by atoms with Crippen LogP contribution in [0.3, 0.4) is 0 Å². The van der Waals surface area contributed by atoms with Crippen LogP contribution in [0.15, 0.2) is 42.6 Å². The van der Waals surface area contributed by atoms with Gasteiger partial charge in [-0.25, -0.2) is 9.97 Å². The van der Waals surface area contributed by atoms with Gasteiger partial charge in [-0.2, -0.15) is 0 Å². The van der Waals surface area contributed by atoms with E-state index in [1.165, 1.54) is 0 Å². The summed E-state index contributed by atoms with van der Waals surface area (Å²) in [5, 5.41) is 13.0. The third-order valence-electron chi connectivity index (χ3n) is 10.7. The van der Waals surface area contributed by atoms with E-state index in [1.54, 1.807) is 44.5 Å². The average molecular weight is 762 g/mol. The lowest BCUT2D eigenvalue weighted by Crippen LogP contribution is -2.47. The van der Waals surface area contributed by atoms with Gasteiger partial charge in [-0.05, 0) is 44.0 Å². The van der Waals surface area contributed by atoms with Crippen LogP contribution in [0.4, 0.5) is 5.69 Å². The Morgan fingerprint density at radius 1 is 0.981 bits per heavy atom. The molecule has 53 heavy (non-hydrogen) atoms. The number of imidazole rings is 1. The first-order chi connectivity index (χ1) is 25.5. The van der Waals surface area contributed by atoms with Crippen LogP contribution in [0, 0.1) is 5.92 Å². The van der Waals surface area contributed by atoms with Crippen molar-refractivity contribution in [1.29, 1.82) is 0 Å². The minimum Gasteiger partial charge on any atom is -0.481 e. The van der Waals surface area contributed by atoms with Gasteiger partial charge in [0.05, 0.1) is 45.8 Å². The van der Waals surface area contributed by atoms with Gasteiger partial charge in [-0.1, -0.05) is 41.4 Å². The molecule has 0 bridgehead atoms. The summed E-state index contributed by atoms with van der Waals surface area (Å²) in [7, 11) is 3.42. The highest BCUT2D eigenvalue weighted by atomic mass is 35.5. The van der Waals surface area contributed by atoms with Crippen LogP contribution < -0.4 is 10.1 Å². The number of benzene rings is 1. The maximum absolute atomic E-state index is 13.7. The highest BCUT2D eigenvalue weighted by Crippen LogP contribution is 2.40. The number of nitrogens with one attached hydrogen (secondary N) is 1. The number of anilines is 1. The normalized spacial score (nSPS) is 18.2. The minimum atomic E-state index is -0.775. The summed E-state index contributed by atoms with van der Waals surface area (Å²) >= 11 is 14.0. The summed E-state index contributed by atoms with van der Waals surface area (Å²) in [6.45, 7) is 6.37. The fourth-order valence-electron chi connectivity index (χ4n) is 7.76. The second kappa shape index (κ2) is 15.4. The summed E-state index contributed by atoms with van der Waals surface area (Å²) in [6, 6.07) is 11.2. The number of rotatable bonds is 9. The molecule has 0 aliphatic carbocycles. The number of carboxylic acids is 1. The van der Waals surface area contributed by atoms with Gasteiger partial charge in [-0.3, -0.25) is 29.2 Å². The number of aliphatic carboxylic acids is 1. The summed E-state index contributed by atoms with van der Waals surface area (Å²) in [5.41, 5.74) is 5.33. The maximum atomic E-state index is 13.7. The van der Waals surface area contributed by atoms with E-state index in [4.69, 9.17) is 37.9 Å². The van der Waals surface area contributed by atoms with Gasteiger partial charge in [0.1, 0.15) is 0 Å². The molecule has 1 atom stereocenters. The molecule has 0 spiro atoms. The van der Waals surface area contributed by atoms with E-state index in [2.05, 4.69) is 20.1 Å². The van der Waals surface area contributed by atoms with Gasteiger partial charge in [0.2, 0.25) is 11.8 Å². The van der Waals surface area contributed by atoms with Gasteiger partial charge >= 0.3 is 5.97 Å². The Bertz CT molecular complexity index is 2060. The first-order valence-electron chi connectivity index (χ1n) is 17.8. The van der Waals surface area contributed by atoms with Gasteiger partial charge < -0.3 is 24.6 Å². The van der Waals surface area contributed by atoms with E-state index < -0.39 is 5.97 Å². The maximum Gasteiger partial charge on any atom is 0.307 e. The second-order valence-electron chi connectivity index (χ2n) is 13.9. The highest BCUT2D eigenvalue weighted by Gasteiger charge is 2.32. The number of pyridine rings is 2. The number of carboxylic acid groups (broad SMARTS) is 1. The molecule has 2 amide bonds. The number of ether oxygens (including phenoxy) is 1. The first kappa shape index (κ1) is 36.8. The van der Waals surface area contributed by atoms with Crippen LogP contribution in [0.2, 0.25) is 10.0 Å². The monoisotopic (exact) mass is 760 g/mol. The Morgan fingerprint density at radius 2 is 1.77 bits per heavy atom. The third kappa shape index (κ3) is 7.48. The molecule has 2 saturated heterocycles. The number of carbonyl (C=O) groups is 3. The molecule has 2 fully saturated rings. The van der Waals surface area contributed by atoms with Crippen LogP contribution in [-0.4, -0.2) is 103 Å². The van der Waals surface area contributed by atoms with Crippen molar-refractivity contribution in [2.45, 2.75) is 51.7 Å². The molecule has 278 valence electrons. The lowest BCUT2D eigenvalue weighted by molar-refractivity contribution is -0.141. The molecule has 0 radical (unpaired) electrons. The fourth-order valence-corrected chi connectivity index (χ4v) is 8.34. The molecule has 7 rings (SSSR count). The lowest BCUT2D eigenvalue weighted by Gasteiger charge is -2.39. The number of amides is 2. The number of aromatic nitrogens is 4. The van der Waals surface area contributed by atoms with Crippen LogP contribution in [0.25, 0.3) is 22.5 Å². The molecule has 2 N–H and O–H groups in total. The Balaban J connectivity index is 1.07. The van der Waals surface area contributed by atoms with Crippen molar-refractivity contribution < 1.29 is 24.2 Å². The number of fused-ring (bicyclic) bond motifs is 1. The molecular weight excluding hydrogens is 719 g/mol. The highest BCUT2D eigenvalue weighted by molar-refractivity contribution is 6.39. The Labute approximate surface area is 317 Å². The number of halogens is 2. The van der Waals surface area contributed by atoms with Crippen molar-refractivity contribution in [3.8, 4) is 28.4 Å². The molecule has 0 saturated carbocycles. The number of piperidine rings is 1. The van der Waals surface area contributed by atoms with E-state index in [-0.39, 0.29) is 22.8 Å². The molecular formula is C38H42Cl2N8O5. The standard InChI is InChI=1S/C38H42Cl2N8O5/c1-22(49)47-16-11-25(12-17-47)48-18-13-31-30(21-48)42-35(45(31)2)36(50)43-29-6-4-5-27(32(29)39)34-33(40)26(9-14-41-34)28-8-7-23(37(44-28)53-3)19-46-15-10-24(20-46)38(51)52/h4-9,14,24-25H,10-13,15-21H2,1-3H3,(H,43,50)(H,51,52). The topological polar surface area (TPSA) is 146 Å². The zero-order chi connectivity index (χ0) is 37.4. The van der Waals surface area contributed by atoms with Gasteiger partial charge in [-0.15, -0.1) is 0 Å². The van der Waals surface area contributed by atoms with Crippen molar-refractivity contribution in [3.05, 3.63) is 75.4 Å². The quantitative estimate of drug-likeness (QED) is 0.228. The van der Waals surface area contributed by atoms with Gasteiger partial charge in [0.15, 0.2) is 5.82 Å². The van der Waals surface area contributed by atoms with Crippen molar-refractivity contribution in [2.75, 3.05) is 45.2 Å².